The van der Waals surface area contributed by atoms with Crippen LogP contribution in [0.25, 0.3) is 0 Å². The number of hydrogen-bond acceptors (Lipinski definition) is 1. The average molecular weight is 198 g/mol. The Bertz CT molecular complexity index is 135. The minimum absolute atomic E-state index is 0.0981. The summed E-state index contributed by atoms with van der Waals surface area (Å²) in [6, 6.07) is 0.0981. The van der Waals surface area contributed by atoms with Gasteiger partial charge in [0.05, 0.1) is 0 Å². The molecule has 1 nitrogen and oxygen atoms in total. The third-order valence-corrected chi connectivity index (χ3v) is 3.50. The van der Waals surface area contributed by atoms with Gasteiger partial charge in [-0.3, -0.25) is 0 Å². The lowest BCUT2D eigenvalue weighted by Crippen LogP contribution is -2.19. The fourth-order valence-corrected chi connectivity index (χ4v) is 2.37. The first-order valence-corrected chi connectivity index (χ1v) is 5.76. The molecule has 0 rings (SSSR count). The van der Waals surface area contributed by atoms with Gasteiger partial charge in [-0.15, -0.1) is 6.58 Å². The van der Waals surface area contributed by atoms with Crippen LogP contribution >= 0.6 is 0 Å². The molecule has 72 valence electrons. The van der Waals surface area contributed by atoms with E-state index < -0.39 is 21.6 Å². The first-order chi connectivity index (χ1) is 5.49. The van der Waals surface area contributed by atoms with E-state index in [1.807, 2.05) is 0 Å². The molecule has 0 saturated heterocycles. The monoisotopic (exact) mass is 198 g/mol. The summed E-state index contributed by atoms with van der Waals surface area (Å²) < 4.78 is 40.3. The van der Waals surface area contributed by atoms with Crippen LogP contribution < -0.4 is 0 Å². The zero-order valence-electron chi connectivity index (χ0n) is 7.03. The van der Waals surface area contributed by atoms with Crippen molar-refractivity contribution in [2.75, 3.05) is 6.61 Å². The molecule has 0 aromatic heterocycles. The lowest BCUT2D eigenvalue weighted by molar-refractivity contribution is -0.131. The number of rotatable bonds is 5. The van der Waals surface area contributed by atoms with Gasteiger partial charge < -0.3 is 4.43 Å². The van der Waals surface area contributed by atoms with Gasteiger partial charge in [-0.2, -0.15) is 13.2 Å². The Morgan fingerprint density at radius 3 is 2.42 bits per heavy atom. The van der Waals surface area contributed by atoms with Crippen molar-refractivity contribution in [3.63, 3.8) is 0 Å². The molecule has 0 fully saturated rings. The third-order valence-electron chi connectivity index (χ3n) is 1.36. The Balaban J connectivity index is 3.65. The highest BCUT2D eigenvalue weighted by Gasteiger charge is 2.28. The molecular formula is C7H13F3OSi. The summed E-state index contributed by atoms with van der Waals surface area (Å²) in [7, 11) is -1.77. The molecule has 0 aliphatic rings. The van der Waals surface area contributed by atoms with Gasteiger partial charge in [0.2, 0.25) is 9.04 Å². The second-order valence-corrected chi connectivity index (χ2v) is 4.84. The molecule has 0 aliphatic heterocycles. The van der Waals surface area contributed by atoms with E-state index in [1.165, 1.54) is 5.70 Å². The number of halogens is 3. The zero-order chi connectivity index (χ0) is 9.61. The minimum atomic E-state index is -4.06. The van der Waals surface area contributed by atoms with Crippen LogP contribution in [0.15, 0.2) is 12.3 Å². The molecule has 0 spiro atoms. The lowest BCUT2D eigenvalue weighted by Gasteiger charge is -2.11. The maximum Gasteiger partial charge on any atom is 0.388 e. The van der Waals surface area contributed by atoms with Crippen molar-refractivity contribution in [2.45, 2.75) is 25.6 Å². The molecule has 12 heavy (non-hydrogen) atoms. The van der Waals surface area contributed by atoms with Gasteiger partial charge in [-0.1, -0.05) is 5.70 Å². The quantitative estimate of drug-likeness (QED) is 0.616. The van der Waals surface area contributed by atoms with Crippen molar-refractivity contribution >= 4 is 9.04 Å². The number of alkyl halides is 3. The molecule has 0 aromatic carbocycles. The van der Waals surface area contributed by atoms with E-state index in [0.29, 0.717) is 6.61 Å². The van der Waals surface area contributed by atoms with Crippen LogP contribution in [-0.4, -0.2) is 21.8 Å². The molecule has 0 radical (unpaired) electrons. The second-order valence-electron chi connectivity index (χ2n) is 2.38. The van der Waals surface area contributed by atoms with Crippen molar-refractivity contribution in [3.05, 3.63) is 12.3 Å². The lowest BCUT2D eigenvalue weighted by atomic mass is 10.5. The molecule has 0 aliphatic carbocycles. The maximum atomic E-state index is 11.7. The van der Waals surface area contributed by atoms with Crippen molar-refractivity contribution in [2.24, 2.45) is 0 Å². The highest BCUT2D eigenvalue weighted by atomic mass is 28.3. The van der Waals surface area contributed by atoms with Crippen LogP contribution in [-0.2, 0) is 4.43 Å². The molecule has 5 heteroatoms. The minimum Gasteiger partial charge on any atom is -0.416 e. The Morgan fingerprint density at radius 2 is 2.08 bits per heavy atom. The van der Waals surface area contributed by atoms with Crippen molar-refractivity contribution < 1.29 is 17.6 Å². The fraction of sp³-hybridized carbons (Fsp3) is 0.714. The largest absolute Gasteiger partial charge is 0.416 e. The Labute approximate surface area is 72.0 Å². The molecule has 0 heterocycles. The van der Waals surface area contributed by atoms with Crippen LogP contribution in [0.3, 0.4) is 0 Å². The van der Waals surface area contributed by atoms with E-state index >= 15 is 0 Å². The highest BCUT2D eigenvalue weighted by Crippen LogP contribution is 2.22. The standard InChI is InChI=1S/C7H13F3OSi/c1-3-11-12(4-2)6-5-7(8,9)10/h4,12H,2-3,5-6H2,1H3. The van der Waals surface area contributed by atoms with Crippen LogP contribution in [0.4, 0.5) is 13.2 Å². The average Bonchev–Trinajstić information content (AvgIpc) is 1.96. The normalized spacial score (nSPS) is 14.3. The maximum absolute atomic E-state index is 11.7. The fourth-order valence-electron chi connectivity index (χ4n) is 0.789. The summed E-state index contributed by atoms with van der Waals surface area (Å²) in [5.41, 5.74) is 1.54. The van der Waals surface area contributed by atoms with E-state index in [-0.39, 0.29) is 6.04 Å². The summed E-state index contributed by atoms with van der Waals surface area (Å²) in [6.07, 6.45) is -4.82. The van der Waals surface area contributed by atoms with E-state index in [2.05, 4.69) is 6.58 Å². The Kier molecular flexibility index (Phi) is 5.24. The first kappa shape index (κ1) is 11.7. The molecule has 0 bridgehead atoms. The van der Waals surface area contributed by atoms with E-state index in [4.69, 9.17) is 4.43 Å². The first-order valence-electron chi connectivity index (χ1n) is 3.80. The molecule has 0 aromatic rings. The van der Waals surface area contributed by atoms with Gasteiger partial charge in [0.15, 0.2) is 0 Å². The molecule has 0 saturated carbocycles. The van der Waals surface area contributed by atoms with Gasteiger partial charge in [-0.05, 0) is 13.0 Å². The van der Waals surface area contributed by atoms with E-state index in [0.717, 1.165) is 0 Å². The smallest absolute Gasteiger partial charge is 0.388 e. The summed E-state index contributed by atoms with van der Waals surface area (Å²) in [4.78, 5) is 0. The Morgan fingerprint density at radius 1 is 1.50 bits per heavy atom. The molecule has 1 atom stereocenters. The predicted octanol–water partition coefficient (Wildman–Crippen LogP) is 2.42. The predicted molar refractivity (Wildman–Crippen MR) is 44.5 cm³/mol. The third kappa shape index (κ3) is 6.42. The topological polar surface area (TPSA) is 9.23 Å². The van der Waals surface area contributed by atoms with Gasteiger partial charge in [0.1, 0.15) is 0 Å². The van der Waals surface area contributed by atoms with Crippen LogP contribution in [0, 0.1) is 0 Å². The second kappa shape index (κ2) is 5.37. The van der Waals surface area contributed by atoms with Gasteiger partial charge >= 0.3 is 6.18 Å². The summed E-state index contributed by atoms with van der Waals surface area (Å²) in [5, 5.41) is 0. The highest BCUT2D eigenvalue weighted by molar-refractivity contribution is 6.57. The molecule has 0 N–H and O–H groups in total. The van der Waals surface area contributed by atoms with Crippen molar-refractivity contribution in [1.29, 1.82) is 0 Å². The van der Waals surface area contributed by atoms with Crippen molar-refractivity contribution in [3.8, 4) is 0 Å². The van der Waals surface area contributed by atoms with Crippen LogP contribution in [0.2, 0.25) is 6.04 Å². The summed E-state index contributed by atoms with van der Waals surface area (Å²) in [5.74, 6) is 0. The van der Waals surface area contributed by atoms with Crippen LogP contribution in [0.1, 0.15) is 13.3 Å². The van der Waals surface area contributed by atoms with E-state index in [9.17, 15) is 13.2 Å². The SMILES string of the molecule is C=C[SiH](CCC(F)(F)F)OCC. The van der Waals surface area contributed by atoms with Gasteiger partial charge in [-0.25, -0.2) is 0 Å². The molecule has 0 amide bonds. The zero-order valence-corrected chi connectivity index (χ0v) is 8.18. The van der Waals surface area contributed by atoms with Crippen LogP contribution in [0.5, 0.6) is 0 Å². The molecular weight excluding hydrogens is 185 g/mol. The Hall–Kier alpha value is -0.293. The van der Waals surface area contributed by atoms with Gasteiger partial charge in [0.25, 0.3) is 0 Å². The number of hydrogen-bond donors (Lipinski definition) is 0. The summed E-state index contributed by atoms with van der Waals surface area (Å²) in [6.45, 7) is 5.70. The van der Waals surface area contributed by atoms with E-state index in [1.54, 1.807) is 6.92 Å². The molecule has 1 unspecified atom stereocenters. The van der Waals surface area contributed by atoms with Gasteiger partial charge in [0, 0.05) is 13.0 Å². The summed E-state index contributed by atoms with van der Waals surface area (Å²) >= 11 is 0. The van der Waals surface area contributed by atoms with Crippen molar-refractivity contribution in [1.82, 2.24) is 0 Å².